The Balaban J connectivity index is 2.26. The van der Waals surface area contributed by atoms with E-state index in [1.54, 1.807) is 17.7 Å². The predicted octanol–water partition coefficient (Wildman–Crippen LogP) is 2.98. The summed E-state index contributed by atoms with van der Waals surface area (Å²) in [5.74, 6) is 0. The molecule has 15 heavy (non-hydrogen) atoms. The quantitative estimate of drug-likeness (QED) is 0.835. The second-order valence-corrected chi connectivity index (χ2v) is 5.49. The van der Waals surface area contributed by atoms with Crippen LogP contribution in [0.3, 0.4) is 0 Å². The maximum atomic E-state index is 5.13. The number of hydrogen-bond acceptors (Lipinski definition) is 3. The number of rotatable bonds is 3. The molecule has 0 aliphatic heterocycles. The van der Waals surface area contributed by atoms with Gasteiger partial charge in [0, 0.05) is 16.8 Å². The molecule has 0 spiro atoms. The van der Waals surface area contributed by atoms with Gasteiger partial charge < -0.3 is 4.57 Å². The highest BCUT2D eigenvalue weighted by atomic mass is 32.1. The van der Waals surface area contributed by atoms with Crippen LogP contribution in [0.2, 0.25) is 0 Å². The average molecular weight is 239 g/mol. The van der Waals surface area contributed by atoms with Gasteiger partial charge in [0.2, 0.25) is 0 Å². The van der Waals surface area contributed by atoms with E-state index in [-0.39, 0.29) is 5.41 Å². The molecule has 2 aromatic heterocycles. The summed E-state index contributed by atoms with van der Waals surface area (Å²) in [6.07, 6.45) is 1.75. The first-order chi connectivity index (χ1) is 7.09. The van der Waals surface area contributed by atoms with E-state index in [0.29, 0.717) is 4.77 Å². The molecule has 0 bridgehead atoms. The molecule has 0 radical (unpaired) electrons. The van der Waals surface area contributed by atoms with E-state index in [1.165, 1.54) is 4.88 Å². The lowest BCUT2D eigenvalue weighted by Crippen LogP contribution is -2.23. The fourth-order valence-electron chi connectivity index (χ4n) is 1.55. The van der Waals surface area contributed by atoms with Crippen molar-refractivity contribution in [3.8, 4) is 0 Å². The second-order valence-electron chi connectivity index (χ2n) is 4.15. The van der Waals surface area contributed by atoms with Crippen molar-refractivity contribution >= 4 is 23.6 Å². The molecule has 5 heteroatoms. The SMILES string of the molecule is CC(C)(Cn1cn[nH]c1=S)c1cccs1. The molecule has 0 aromatic carbocycles. The van der Waals surface area contributed by atoms with Crippen molar-refractivity contribution in [1.29, 1.82) is 0 Å². The Hall–Kier alpha value is -0.940. The number of nitrogens with zero attached hydrogens (tertiary/aromatic N) is 2. The molecular formula is C10H13N3S2. The molecule has 3 nitrogen and oxygen atoms in total. The topological polar surface area (TPSA) is 33.6 Å². The third kappa shape index (κ3) is 2.18. The molecule has 2 rings (SSSR count). The molecule has 0 atom stereocenters. The molecule has 0 unspecified atom stereocenters. The van der Waals surface area contributed by atoms with Gasteiger partial charge in [0.25, 0.3) is 0 Å². The summed E-state index contributed by atoms with van der Waals surface area (Å²) in [4.78, 5) is 1.37. The molecule has 0 amide bonds. The number of aromatic nitrogens is 3. The Morgan fingerprint density at radius 2 is 2.40 bits per heavy atom. The Morgan fingerprint density at radius 1 is 1.60 bits per heavy atom. The van der Waals surface area contributed by atoms with Crippen molar-refractivity contribution in [2.75, 3.05) is 0 Å². The monoisotopic (exact) mass is 239 g/mol. The zero-order chi connectivity index (χ0) is 10.9. The molecule has 0 saturated carbocycles. The lowest BCUT2D eigenvalue weighted by atomic mass is 9.91. The van der Waals surface area contributed by atoms with Crippen molar-refractivity contribution in [3.05, 3.63) is 33.5 Å². The fourth-order valence-corrected chi connectivity index (χ4v) is 2.56. The first-order valence-corrected chi connectivity index (χ1v) is 6.02. The van der Waals surface area contributed by atoms with E-state index in [0.717, 1.165) is 6.54 Å². The fraction of sp³-hybridized carbons (Fsp3) is 0.400. The van der Waals surface area contributed by atoms with Crippen LogP contribution in [0.4, 0.5) is 0 Å². The maximum Gasteiger partial charge on any atom is 0.194 e. The Labute approximate surface area is 97.8 Å². The number of nitrogens with one attached hydrogen (secondary N) is 1. The van der Waals surface area contributed by atoms with E-state index in [4.69, 9.17) is 12.2 Å². The van der Waals surface area contributed by atoms with Crippen LogP contribution in [0.1, 0.15) is 18.7 Å². The van der Waals surface area contributed by atoms with Gasteiger partial charge in [-0.1, -0.05) is 19.9 Å². The Kier molecular flexibility index (Phi) is 2.75. The molecule has 0 aliphatic rings. The molecule has 1 N–H and O–H groups in total. The first-order valence-electron chi connectivity index (χ1n) is 4.73. The Morgan fingerprint density at radius 3 is 2.93 bits per heavy atom. The molecular weight excluding hydrogens is 226 g/mol. The van der Waals surface area contributed by atoms with E-state index in [9.17, 15) is 0 Å². The third-order valence-electron chi connectivity index (χ3n) is 2.37. The lowest BCUT2D eigenvalue weighted by molar-refractivity contribution is 0.439. The summed E-state index contributed by atoms with van der Waals surface area (Å²) in [6.45, 7) is 5.28. The van der Waals surface area contributed by atoms with Gasteiger partial charge in [0.15, 0.2) is 4.77 Å². The van der Waals surface area contributed by atoms with Crippen molar-refractivity contribution < 1.29 is 0 Å². The standard InChI is InChI=1S/C10H13N3S2/c1-10(2,8-4-3-5-15-8)6-13-7-11-12-9(13)14/h3-5,7H,6H2,1-2H3,(H,12,14). The minimum Gasteiger partial charge on any atom is -0.306 e. The van der Waals surface area contributed by atoms with Gasteiger partial charge in [-0.15, -0.1) is 11.3 Å². The summed E-state index contributed by atoms with van der Waals surface area (Å²) in [6, 6.07) is 4.24. The van der Waals surface area contributed by atoms with Gasteiger partial charge in [-0.2, -0.15) is 5.10 Å². The van der Waals surface area contributed by atoms with Crippen LogP contribution in [0.25, 0.3) is 0 Å². The zero-order valence-corrected chi connectivity index (χ0v) is 10.4. The first kappa shape index (κ1) is 10.6. The highest BCUT2D eigenvalue weighted by molar-refractivity contribution is 7.71. The summed E-state index contributed by atoms with van der Waals surface area (Å²) in [5.41, 5.74) is 0.0935. The summed E-state index contributed by atoms with van der Waals surface area (Å²) >= 11 is 6.91. The van der Waals surface area contributed by atoms with Crippen LogP contribution >= 0.6 is 23.6 Å². The summed E-state index contributed by atoms with van der Waals surface area (Å²) < 4.78 is 2.65. The van der Waals surface area contributed by atoms with E-state index < -0.39 is 0 Å². The number of aromatic amines is 1. The van der Waals surface area contributed by atoms with Crippen LogP contribution in [-0.4, -0.2) is 14.8 Å². The highest BCUT2D eigenvalue weighted by Crippen LogP contribution is 2.28. The molecule has 0 fully saturated rings. The van der Waals surface area contributed by atoms with Crippen LogP contribution in [0, 0.1) is 4.77 Å². The number of H-pyrrole nitrogens is 1. The van der Waals surface area contributed by atoms with Crippen LogP contribution < -0.4 is 0 Å². The van der Waals surface area contributed by atoms with Gasteiger partial charge in [-0.25, -0.2) is 0 Å². The van der Waals surface area contributed by atoms with Gasteiger partial charge >= 0.3 is 0 Å². The minimum atomic E-state index is 0.0935. The minimum absolute atomic E-state index is 0.0935. The van der Waals surface area contributed by atoms with Crippen molar-refractivity contribution in [1.82, 2.24) is 14.8 Å². The van der Waals surface area contributed by atoms with Gasteiger partial charge in [-0.05, 0) is 23.7 Å². The lowest BCUT2D eigenvalue weighted by Gasteiger charge is -2.23. The molecule has 2 heterocycles. The maximum absolute atomic E-state index is 5.13. The van der Waals surface area contributed by atoms with Crippen LogP contribution in [0.5, 0.6) is 0 Å². The van der Waals surface area contributed by atoms with E-state index in [2.05, 4.69) is 41.6 Å². The van der Waals surface area contributed by atoms with Crippen molar-refractivity contribution in [3.63, 3.8) is 0 Å². The van der Waals surface area contributed by atoms with Crippen LogP contribution in [-0.2, 0) is 12.0 Å². The third-order valence-corrected chi connectivity index (χ3v) is 3.93. The second kappa shape index (κ2) is 3.90. The normalized spacial score (nSPS) is 11.9. The van der Waals surface area contributed by atoms with Crippen LogP contribution in [0.15, 0.2) is 23.8 Å². The number of hydrogen-bond donors (Lipinski definition) is 1. The number of thiophene rings is 1. The zero-order valence-electron chi connectivity index (χ0n) is 8.73. The highest BCUT2D eigenvalue weighted by Gasteiger charge is 2.22. The summed E-state index contributed by atoms with van der Waals surface area (Å²) in [7, 11) is 0. The van der Waals surface area contributed by atoms with Gasteiger partial charge in [0.05, 0.1) is 0 Å². The smallest absolute Gasteiger partial charge is 0.194 e. The predicted molar refractivity (Wildman–Crippen MR) is 64.8 cm³/mol. The molecule has 0 saturated heterocycles. The van der Waals surface area contributed by atoms with E-state index >= 15 is 0 Å². The Bertz CT molecular complexity index is 479. The van der Waals surface area contributed by atoms with E-state index in [1.807, 2.05) is 4.57 Å². The molecule has 0 aliphatic carbocycles. The average Bonchev–Trinajstić information content (AvgIpc) is 2.77. The largest absolute Gasteiger partial charge is 0.306 e. The van der Waals surface area contributed by atoms with Gasteiger partial charge in [-0.3, -0.25) is 5.10 Å². The summed E-state index contributed by atoms with van der Waals surface area (Å²) in [5, 5.41) is 8.79. The van der Waals surface area contributed by atoms with Crippen molar-refractivity contribution in [2.45, 2.75) is 25.8 Å². The van der Waals surface area contributed by atoms with Gasteiger partial charge in [0.1, 0.15) is 6.33 Å². The molecule has 2 aromatic rings. The molecule has 80 valence electrons. The van der Waals surface area contributed by atoms with Crippen molar-refractivity contribution in [2.24, 2.45) is 0 Å².